The predicted molar refractivity (Wildman–Crippen MR) is 83.3 cm³/mol. The van der Waals surface area contributed by atoms with Gasteiger partial charge in [0.1, 0.15) is 0 Å². The maximum absolute atomic E-state index is 10.5. The van der Waals surface area contributed by atoms with Gasteiger partial charge >= 0.3 is 0 Å². The summed E-state index contributed by atoms with van der Waals surface area (Å²) in [6.45, 7) is 0.598. The van der Waals surface area contributed by atoms with E-state index in [9.17, 15) is 4.91 Å². The van der Waals surface area contributed by atoms with Gasteiger partial charge in [0.2, 0.25) is 0 Å². The maximum Gasteiger partial charge on any atom is 0.0521 e. The van der Waals surface area contributed by atoms with E-state index in [2.05, 4.69) is 38.3 Å². The molecule has 0 N–H and O–H groups in total. The molecule has 1 heterocycles. The molecule has 0 unspecified atom stereocenters. The Morgan fingerprint density at radius 2 is 2.00 bits per heavy atom. The summed E-state index contributed by atoms with van der Waals surface area (Å²) in [7, 11) is 1.68. The topological polar surface area (TPSA) is 45.6 Å². The Balaban J connectivity index is 2.24. The largest absolute Gasteiger partial charge is 0.264 e. The molecule has 0 amide bonds. The lowest BCUT2D eigenvalue weighted by molar-refractivity contribution is 0.336. The molecule has 0 saturated carbocycles. The van der Waals surface area contributed by atoms with Gasteiger partial charge in [0.15, 0.2) is 0 Å². The van der Waals surface area contributed by atoms with Crippen LogP contribution in [0.1, 0.15) is 23.6 Å². The Morgan fingerprint density at radius 3 is 2.60 bits per heavy atom. The Hall–Kier alpha value is -1.75. The molecule has 0 spiro atoms. The summed E-state index contributed by atoms with van der Waals surface area (Å²) in [5, 5.41) is 4.33. The minimum Gasteiger partial charge on any atom is -0.264 e. The highest BCUT2D eigenvalue weighted by Crippen LogP contribution is 2.27. The van der Waals surface area contributed by atoms with Crippen LogP contribution in [0.25, 0.3) is 0 Å². The molecular weight excluding hydrogens is 318 g/mol. The minimum atomic E-state index is 0.161. The first-order valence-corrected chi connectivity index (χ1v) is 7.21. The van der Waals surface area contributed by atoms with Crippen molar-refractivity contribution < 1.29 is 0 Å². The SMILES string of the molecule is CN(CC[C@@H](c1ccc(Br)cc1)c1ccccn1)N=O. The van der Waals surface area contributed by atoms with Crippen LogP contribution in [-0.4, -0.2) is 23.6 Å². The van der Waals surface area contributed by atoms with Crippen LogP contribution in [0.3, 0.4) is 0 Å². The Morgan fingerprint density at radius 1 is 1.25 bits per heavy atom. The van der Waals surface area contributed by atoms with Crippen molar-refractivity contribution in [2.75, 3.05) is 13.6 Å². The molecule has 2 aromatic rings. The second-order valence-electron chi connectivity index (χ2n) is 4.61. The smallest absolute Gasteiger partial charge is 0.0521 e. The van der Waals surface area contributed by atoms with E-state index < -0.39 is 0 Å². The Kier molecular flexibility index (Phi) is 5.24. The van der Waals surface area contributed by atoms with E-state index in [0.29, 0.717) is 6.54 Å². The van der Waals surface area contributed by atoms with Gasteiger partial charge in [-0.25, -0.2) is 0 Å². The fraction of sp³-hybridized carbons (Fsp3) is 0.267. The third-order valence-electron chi connectivity index (χ3n) is 3.20. The Labute approximate surface area is 126 Å². The monoisotopic (exact) mass is 333 g/mol. The van der Waals surface area contributed by atoms with Gasteiger partial charge in [-0.2, -0.15) is 0 Å². The number of nitrogens with zero attached hydrogens (tertiary/aromatic N) is 3. The summed E-state index contributed by atoms with van der Waals surface area (Å²) < 4.78 is 1.05. The standard InChI is InChI=1S/C15H16BrN3O/c1-19(18-20)11-9-14(15-4-2-3-10-17-15)12-5-7-13(16)8-6-12/h2-8,10,14H,9,11H2,1H3/t14-/m0/s1. The molecule has 0 fully saturated rings. The van der Waals surface area contributed by atoms with E-state index in [1.54, 1.807) is 13.2 Å². The van der Waals surface area contributed by atoms with Crippen molar-refractivity contribution in [1.82, 2.24) is 9.99 Å². The average Bonchev–Trinajstić information content (AvgIpc) is 2.50. The molecule has 1 atom stereocenters. The van der Waals surface area contributed by atoms with Gasteiger partial charge in [-0.15, -0.1) is 4.91 Å². The van der Waals surface area contributed by atoms with Crippen molar-refractivity contribution in [3.63, 3.8) is 0 Å². The van der Waals surface area contributed by atoms with Crippen LogP contribution in [0.4, 0.5) is 0 Å². The second-order valence-corrected chi connectivity index (χ2v) is 5.53. The van der Waals surface area contributed by atoms with Gasteiger partial charge in [-0.05, 0) is 36.2 Å². The summed E-state index contributed by atoms with van der Waals surface area (Å²) >= 11 is 3.44. The average molecular weight is 334 g/mol. The summed E-state index contributed by atoms with van der Waals surface area (Å²) in [5.74, 6) is 0.161. The van der Waals surface area contributed by atoms with Crippen molar-refractivity contribution >= 4 is 15.9 Å². The molecule has 4 nitrogen and oxygen atoms in total. The summed E-state index contributed by atoms with van der Waals surface area (Å²) in [6.07, 6.45) is 2.59. The van der Waals surface area contributed by atoms with Crippen LogP contribution in [0, 0.1) is 4.91 Å². The zero-order chi connectivity index (χ0) is 14.4. The first-order valence-electron chi connectivity index (χ1n) is 6.41. The number of hydrogen-bond donors (Lipinski definition) is 0. The lowest BCUT2D eigenvalue weighted by Crippen LogP contribution is -2.16. The number of pyridine rings is 1. The normalized spacial score (nSPS) is 11.9. The van der Waals surface area contributed by atoms with Gasteiger partial charge in [0.25, 0.3) is 0 Å². The molecular formula is C15H16BrN3O. The molecule has 0 bridgehead atoms. The van der Waals surface area contributed by atoms with Crippen molar-refractivity contribution in [3.05, 3.63) is 69.3 Å². The van der Waals surface area contributed by atoms with Crippen LogP contribution in [-0.2, 0) is 0 Å². The van der Waals surface area contributed by atoms with Crippen molar-refractivity contribution in [2.45, 2.75) is 12.3 Å². The van der Waals surface area contributed by atoms with Crippen LogP contribution >= 0.6 is 15.9 Å². The lowest BCUT2D eigenvalue weighted by atomic mass is 9.92. The molecule has 0 saturated heterocycles. The second kappa shape index (κ2) is 7.14. The fourth-order valence-electron chi connectivity index (χ4n) is 2.12. The predicted octanol–water partition coefficient (Wildman–Crippen LogP) is 3.98. The van der Waals surface area contributed by atoms with E-state index in [1.807, 2.05) is 30.3 Å². The van der Waals surface area contributed by atoms with Gasteiger partial charge in [0.05, 0.1) is 5.29 Å². The van der Waals surface area contributed by atoms with Crippen LogP contribution in [0.5, 0.6) is 0 Å². The van der Waals surface area contributed by atoms with Gasteiger partial charge in [-0.3, -0.25) is 9.99 Å². The maximum atomic E-state index is 10.5. The zero-order valence-electron chi connectivity index (χ0n) is 11.2. The number of aromatic nitrogens is 1. The van der Waals surface area contributed by atoms with Gasteiger partial charge < -0.3 is 0 Å². The molecule has 0 radical (unpaired) electrons. The van der Waals surface area contributed by atoms with Crippen LogP contribution in [0.2, 0.25) is 0 Å². The van der Waals surface area contributed by atoms with E-state index in [4.69, 9.17) is 0 Å². The highest BCUT2D eigenvalue weighted by molar-refractivity contribution is 9.10. The van der Waals surface area contributed by atoms with Crippen molar-refractivity contribution in [3.8, 4) is 0 Å². The molecule has 1 aromatic heterocycles. The summed E-state index contributed by atoms with van der Waals surface area (Å²) in [5.41, 5.74) is 2.19. The van der Waals surface area contributed by atoms with Crippen molar-refractivity contribution in [1.29, 1.82) is 0 Å². The molecule has 0 aliphatic heterocycles. The number of benzene rings is 1. The summed E-state index contributed by atoms with van der Waals surface area (Å²) in [6, 6.07) is 14.1. The number of halogens is 1. The number of hydrogen-bond acceptors (Lipinski definition) is 3. The molecule has 5 heteroatoms. The quantitative estimate of drug-likeness (QED) is 0.593. The molecule has 0 aliphatic carbocycles. The lowest BCUT2D eigenvalue weighted by Gasteiger charge is -2.19. The first-order chi connectivity index (χ1) is 9.70. The van der Waals surface area contributed by atoms with E-state index in [1.165, 1.54) is 10.6 Å². The van der Waals surface area contributed by atoms with E-state index >= 15 is 0 Å². The highest BCUT2D eigenvalue weighted by atomic mass is 79.9. The van der Waals surface area contributed by atoms with Crippen LogP contribution < -0.4 is 0 Å². The summed E-state index contributed by atoms with van der Waals surface area (Å²) in [4.78, 5) is 14.9. The van der Waals surface area contributed by atoms with Crippen LogP contribution in [0.15, 0.2) is 58.4 Å². The molecule has 1 aromatic carbocycles. The minimum absolute atomic E-state index is 0.161. The third-order valence-corrected chi connectivity index (χ3v) is 3.73. The number of rotatable bonds is 6. The zero-order valence-corrected chi connectivity index (χ0v) is 12.8. The highest BCUT2D eigenvalue weighted by Gasteiger charge is 2.16. The van der Waals surface area contributed by atoms with E-state index in [0.717, 1.165) is 16.6 Å². The fourth-order valence-corrected chi connectivity index (χ4v) is 2.38. The van der Waals surface area contributed by atoms with Crippen molar-refractivity contribution in [2.24, 2.45) is 5.29 Å². The molecule has 20 heavy (non-hydrogen) atoms. The molecule has 104 valence electrons. The Bertz CT molecular complexity index is 545. The third kappa shape index (κ3) is 3.87. The first kappa shape index (κ1) is 14.7. The molecule has 0 aliphatic rings. The van der Waals surface area contributed by atoms with Gasteiger partial charge in [-0.1, -0.05) is 34.1 Å². The van der Waals surface area contributed by atoms with E-state index in [-0.39, 0.29) is 5.92 Å². The molecule has 2 rings (SSSR count). The van der Waals surface area contributed by atoms with Gasteiger partial charge in [0, 0.05) is 35.9 Å². The number of nitroso groups, excluding NO2 is 1.